The second-order valence-electron chi connectivity index (χ2n) is 17.9. The molecule has 0 radical (unpaired) electrons. The van der Waals surface area contributed by atoms with E-state index >= 15 is 0 Å². The Kier molecular flexibility index (Phi) is 40.9. The fourth-order valence-corrected chi connectivity index (χ4v) is 7.97. The van der Waals surface area contributed by atoms with Gasteiger partial charge in [-0.2, -0.15) is 0 Å². The van der Waals surface area contributed by atoms with Crippen LogP contribution in [0.5, 0.6) is 0 Å². The van der Waals surface area contributed by atoms with E-state index < -0.39 is 49.5 Å². The van der Waals surface area contributed by atoms with Crippen LogP contribution in [0.15, 0.2) is 60.8 Å². The number of carbonyl (C=O) groups excluding carboxylic acids is 1. The smallest absolute Gasteiger partial charge is 0.220 e. The van der Waals surface area contributed by atoms with Crippen molar-refractivity contribution in [3.05, 3.63) is 60.8 Å². The van der Waals surface area contributed by atoms with Gasteiger partial charge >= 0.3 is 0 Å². The van der Waals surface area contributed by atoms with Crippen molar-refractivity contribution in [1.29, 1.82) is 0 Å². The van der Waals surface area contributed by atoms with Gasteiger partial charge in [0.15, 0.2) is 6.29 Å². The predicted molar refractivity (Wildman–Crippen MR) is 262 cm³/mol. The minimum absolute atomic E-state index is 0.192. The van der Waals surface area contributed by atoms with Crippen molar-refractivity contribution in [1.82, 2.24) is 5.32 Å². The van der Waals surface area contributed by atoms with Gasteiger partial charge in [0.05, 0.1) is 25.4 Å². The van der Waals surface area contributed by atoms with Crippen LogP contribution in [0.25, 0.3) is 0 Å². The Morgan fingerprint density at radius 3 is 1.46 bits per heavy atom. The number of unbranched alkanes of at least 4 members (excludes halogenated alkanes) is 25. The minimum Gasteiger partial charge on any atom is -0.394 e. The fraction of sp³-hybridized carbons (Fsp3) is 0.796. The van der Waals surface area contributed by atoms with Crippen LogP contribution >= 0.6 is 0 Å². The molecule has 0 aromatic heterocycles. The van der Waals surface area contributed by atoms with Crippen LogP contribution in [-0.2, 0) is 14.3 Å². The van der Waals surface area contributed by atoms with Gasteiger partial charge in [0.1, 0.15) is 24.4 Å². The van der Waals surface area contributed by atoms with E-state index in [-0.39, 0.29) is 12.5 Å². The van der Waals surface area contributed by atoms with Gasteiger partial charge in [-0.1, -0.05) is 216 Å². The maximum absolute atomic E-state index is 13.0. The SMILES string of the molecule is CC/C=C\C/C=C\C/C=C\C/C=C\CCCCCCCCC(=O)NC(COC1OC(CO)C(O)C(O)C1O)C(O)/C=C/CCCCCCCCCCCCCCCCCCCCC. The average molecular weight is 888 g/mol. The number of aliphatic hydroxyl groups excluding tert-OH is 5. The van der Waals surface area contributed by atoms with Crippen LogP contribution in [0, 0.1) is 0 Å². The summed E-state index contributed by atoms with van der Waals surface area (Å²) in [6.45, 7) is 3.66. The first kappa shape index (κ1) is 58.9. The molecule has 9 heteroatoms. The van der Waals surface area contributed by atoms with E-state index in [2.05, 4.69) is 67.8 Å². The Balaban J connectivity index is 2.31. The zero-order valence-corrected chi connectivity index (χ0v) is 40.3. The van der Waals surface area contributed by atoms with E-state index in [1.54, 1.807) is 6.08 Å². The lowest BCUT2D eigenvalue weighted by Gasteiger charge is -2.40. The standard InChI is InChI=1S/C54H97NO8/c1-3-5-7-9-11-13-15-17-19-21-23-24-26-27-29-31-33-35-37-39-41-43-48(57)47(46-62-54-53(61)52(60)51(59)49(45-56)63-54)55-50(58)44-42-40-38-36-34-32-30-28-25-22-20-18-16-14-12-10-8-6-4-2/h6,8,12,14,18,20,25,28,41,43,47-49,51-54,56-57,59-61H,3-5,7,9-11,13,15-17,19,21-24,26-27,29-40,42,44-46H2,1-2H3,(H,55,58)/b8-6-,14-12-,20-18-,28-25-,43-41+. The monoisotopic (exact) mass is 888 g/mol. The van der Waals surface area contributed by atoms with Gasteiger partial charge in [-0.15, -0.1) is 0 Å². The maximum atomic E-state index is 13.0. The molecule has 366 valence electrons. The summed E-state index contributed by atoms with van der Waals surface area (Å²) in [5.74, 6) is -0.192. The Morgan fingerprint density at radius 2 is 0.984 bits per heavy atom. The van der Waals surface area contributed by atoms with Gasteiger partial charge in [-0.25, -0.2) is 0 Å². The molecule has 0 aliphatic carbocycles. The number of hydrogen-bond acceptors (Lipinski definition) is 8. The van der Waals surface area contributed by atoms with Gasteiger partial charge in [-0.3, -0.25) is 4.79 Å². The molecule has 63 heavy (non-hydrogen) atoms. The van der Waals surface area contributed by atoms with E-state index in [1.807, 2.05) is 6.08 Å². The van der Waals surface area contributed by atoms with E-state index in [4.69, 9.17) is 9.47 Å². The topological polar surface area (TPSA) is 149 Å². The second-order valence-corrected chi connectivity index (χ2v) is 17.9. The largest absolute Gasteiger partial charge is 0.394 e. The normalized spacial score (nSPS) is 20.7. The summed E-state index contributed by atoms with van der Waals surface area (Å²) in [6.07, 6.45) is 51.2. The molecule has 1 aliphatic heterocycles. The molecule has 0 bridgehead atoms. The summed E-state index contributed by atoms with van der Waals surface area (Å²) in [6, 6.07) is -0.815. The average Bonchev–Trinajstić information content (AvgIpc) is 3.28. The molecule has 6 N–H and O–H groups in total. The van der Waals surface area contributed by atoms with Crippen molar-refractivity contribution in [3.63, 3.8) is 0 Å². The van der Waals surface area contributed by atoms with Crippen LogP contribution in [0.3, 0.4) is 0 Å². The molecule has 0 aromatic carbocycles. The number of aliphatic hydroxyl groups is 5. The quantitative estimate of drug-likeness (QED) is 0.0262. The van der Waals surface area contributed by atoms with Gasteiger partial charge in [-0.05, 0) is 57.8 Å². The molecular weight excluding hydrogens is 791 g/mol. The highest BCUT2D eigenvalue weighted by Crippen LogP contribution is 2.23. The highest BCUT2D eigenvalue weighted by Gasteiger charge is 2.44. The van der Waals surface area contributed by atoms with Crippen LogP contribution in [0.4, 0.5) is 0 Å². The molecule has 1 rings (SSSR count). The van der Waals surface area contributed by atoms with E-state index in [0.717, 1.165) is 83.5 Å². The zero-order chi connectivity index (χ0) is 45.9. The van der Waals surface area contributed by atoms with Gasteiger partial charge in [0.25, 0.3) is 0 Å². The van der Waals surface area contributed by atoms with Crippen molar-refractivity contribution in [2.24, 2.45) is 0 Å². The molecule has 1 aliphatic rings. The van der Waals surface area contributed by atoms with Crippen molar-refractivity contribution < 1.29 is 39.8 Å². The first-order valence-electron chi connectivity index (χ1n) is 26.0. The van der Waals surface area contributed by atoms with Gasteiger partial charge < -0.3 is 40.3 Å². The first-order chi connectivity index (χ1) is 30.8. The Morgan fingerprint density at radius 1 is 0.556 bits per heavy atom. The highest BCUT2D eigenvalue weighted by atomic mass is 16.7. The molecule has 7 unspecified atom stereocenters. The fourth-order valence-electron chi connectivity index (χ4n) is 7.97. The summed E-state index contributed by atoms with van der Waals surface area (Å²) in [4.78, 5) is 13.0. The molecule has 1 fully saturated rings. The van der Waals surface area contributed by atoms with Gasteiger partial charge in [0.2, 0.25) is 5.91 Å². The molecule has 1 saturated heterocycles. The Hall–Kier alpha value is -2.11. The molecular formula is C54H97NO8. The van der Waals surface area contributed by atoms with Crippen molar-refractivity contribution >= 4 is 5.91 Å². The number of nitrogens with one attached hydrogen (secondary N) is 1. The summed E-state index contributed by atoms with van der Waals surface area (Å²) < 4.78 is 11.2. The van der Waals surface area contributed by atoms with Crippen LogP contribution < -0.4 is 5.32 Å². The lowest BCUT2D eigenvalue weighted by molar-refractivity contribution is -0.302. The number of carbonyl (C=O) groups is 1. The molecule has 1 amide bonds. The third kappa shape index (κ3) is 33.9. The third-order valence-electron chi connectivity index (χ3n) is 12.1. The maximum Gasteiger partial charge on any atom is 0.220 e. The van der Waals surface area contributed by atoms with E-state index in [9.17, 15) is 30.3 Å². The highest BCUT2D eigenvalue weighted by molar-refractivity contribution is 5.76. The molecule has 0 aromatic rings. The third-order valence-corrected chi connectivity index (χ3v) is 12.1. The first-order valence-corrected chi connectivity index (χ1v) is 26.0. The summed E-state index contributed by atoms with van der Waals surface area (Å²) in [5, 5.41) is 54.4. The molecule has 0 saturated carbocycles. The summed E-state index contributed by atoms with van der Waals surface area (Å²) >= 11 is 0. The minimum atomic E-state index is -1.57. The van der Waals surface area contributed by atoms with Crippen LogP contribution in [0.2, 0.25) is 0 Å². The lowest BCUT2D eigenvalue weighted by atomic mass is 9.99. The van der Waals surface area contributed by atoms with Crippen molar-refractivity contribution in [2.45, 2.75) is 262 Å². The number of allylic oxidation sites excluding steroid dienone is 9. The van der Waals surface area contributed by atoms with Crippen LogP contribution in [0.1, 0.15) is 219 Å². The van der Waals surface area contributed by atoms with E-state index in [0.29, 0.717) is 6.42 Å². The molecule has 7 atom stereocenters. The predicted octanol–water partition coefficient (Wildman–Crippen LogP) is 12.0. The summed E-state index contributed by atoms with van der Waals surface area (Å²) in [7, 11) is 0. The van der Waals surface area contributed by atoms with Crippen molar-refractivity contribution in [2.75, 3.05) is 13.2 Å². The summed E-state index contributed by atoms with van der Waals surface area (Å²) in [5.41, 5.74) is 0. The second kappa shape index (κ2) is 43.8. The Labute approximate surface area is 386 Å². The van der Waals surface area contributed by atoms with E-state index in [1.165, 1.54) is 116 Å². The molecule has 1 heterocycles. The number of amides is 1. The number of hydrogen-bond donors (Lipinski definition) is 6. The number of ether oxygens (including phenoxy) is 2. The van der Waals surface area contributed by atoms with Crippen molar-refractivity contribution in [3.8, 4) is 0 Å². The van der Waals surface area contributed by atoms with Gasteiger partial charge in [0, 0.05) is 6.42 Å². The molecule has 9 nitrogen and oxygen atoms in total. The zero-order valence-electron chi connectivity index (χ0n) is 40.3. The lowest BCUT2D eigenvalue weighted by Crippen LogP contribution is -2.60. The Bertz CT molecular complexity index is 1170. The number of rotatable bonds is 43. The van der Waals surface area contributed by atoms with Crippen LogP contribution in [-0.4, -0.2) is 87.5 Å². The molecule has 0 spiro atoms.